The Bertz CT molecular complexity index is 1030. The SMILES string of the molecule is CCCCCCCCCCCCCCCCCCC(=O)O[C@@H](COC(=O)CCCCCCCCCCCCCC)COC(=O)CCCCCCCCCCCCCCCCCCCCC(C)CC. The van der Waals surface area contributed by atoms with Crippen LogP contribution in [0.25, 0.3) is 0 Å². The number of hydrogen-bond donors (Lipinski definition) is 0. The largest absolute Gasteiger partial charge is 0.462 e. The minimum absolute atomic E-state index is 0.0614. The van der Waals surface area contributed by atoms with Gasteiger partial charge in [0.2, 0.25) is 0 Å². The molecule has 0 aliphatic rings. The van der Waals surface area contributed by atoms with Crippen molar-refractivity contribution in [2.45, 2.75) is 361 Å². The second kappa shape index (κ2) is 56.3. The maximum Gasteiger partial charge on any atom is 0.306 e. The Hall–Kier alpha value is -1.59. The van der Waals surface area contributed by atoms with Gasteiger partial charge in [0.1, 0.15) is 13.2 Å². The number of unbranched alkanes of at least 4 members (excludes halogenated alkanes) is 43. The number of esters is 3. The first-order valence-corrected chi connectivity index (χ1v) is 30.9. The van der Waals surface area contributed by atoms with Crippen LogP contribution in [0, 0.1) is 5.92 Å². The van der Waals surface area contributed by atoms with E-state index in [2.05, 4.69) is 27.7 Å². The Balaban J connectivity index is 4.22. The first-order chi connectivity index (χ1) is 33.4. The highest BCUT2D eigenvalue weighted by atomic mass is 16.6. The monoisotopic (exact) mass is 961 g/mol. The zero-order valence-electron chi connectivity index (χ0n) is 46.6. The van der Waals surface area contributed by atoms with Gasteiger partial charge in [0, 0.05) is 19.3 Å². The zero-order valence-corrected chi connectivity index (χ0v) is 46.6. The van der Waals surface area contributed by atoms with Gasteiger partial charge in [0.05, 0.1) is 0 Å². The molecule has 0 spiro atoms. The maximum atomic E-state index is 12.9. The van der Waals surface area contributed by atoms with E-state index in [0.29, 0.717) is 19.3 Å². The van der Waals surface area contributed by atoms with Gasteiger partial charge in [0.15, 0.2) is 6.10 Å². The molecule has 0 N–H and O–H groups in total. The van der Waals surface area contributed by atoms with Crippen LogP contribution in [-0.2, 0) is 28.6 Å². The lowest BCUT2D eigenvalue weighted by molar-refractivity contribution is -0.167. The van der Waals surface area contributed by atoms with E-state index >= 15 is 0 Å². The van der Waals surface area contributed by atoms with Crippen LogP contribution in [0.4, 0.5) is 0 Å². The highest BCUT2D eigenvalue weighted by Gasteiger charge is 2.19. The summed E-state index contributed by atoms with van der Waals surface area (Å²) in [6, 6.07) is 0. The van der Waals surface area contributed by atoms with Crippen molar-refractivity contribution in [1.29, 1.82) is 0 Å². The van der Waals surface area contributed by atoms with Gasteiger partial charge in [-0.25, -0.2) is 0 Å². The van der Waals surface area contributed by atoms with Gasteiger partial charge in [-0.15, -0.1) is 0 Å². The number of ether oxygens (including phenoxy) is 3. The Labute approximate surface area is 425 Å². The first kappa shape index (κ1) is 66.4. The summed E-state index contributed by atoms with van der Waals surface area (Å²) >= 11 is 0. The van der Waals surface area contributed by atoms with Crippen molar-refractivity contribution in [3.8, 4) is 0 Å². The Morgan fingerprint density at radius 2 is 0.515 bits per heavy atom. The molecule has 0 rings (SSSR count). The van der Waals surface area contributed by atoms with E-state index in [9.17, 15) is 14.4 Å². The minimum Gasteiger partial charge on any atom is -0.462 e. The molecule has 2 atom stereocenters. The van der Waals surface area contributed by atoms with Crippen molar-refractivity contribution in [2.75, 3.05) is 13.2 Å². The van der Waals surface area contributed by atoms with Crippen LogP contribution in [0.2, 0.25) is 0 Å². The van der Waals surface area contributed by atoms with Crippen LogP contribution >= 0.6 is 0 Å². The zero-order chi connectivity index (χ0) is 49.5. The van der Waals surface area contributed by atoms with Crippen molar-refractivity contribution in [3.63, 3.8) is 0 Å². The summed E-state index contributed by atoms with van der Waals surface area (Å²) in [6.45, 7) is 9.12. The molecular weight excluding hydrogens is 841 g/mol. The Morgan fingerprint density at radius 1 is 0.294 bits per heavy atom. The third-order valence-electron chi connectivity index (χ3n) is 14.7. The van der Waals surface area contributed by atoms with Crippen LogP contribution in [0.15, 0.2) is 0 Å². The fraction of sp³-hybridized carbons (Fsp3) is 0.952. The standard InChI is InChI=1S/C62H120O6/c1-5-8-10-12-14-16-18-20-21-27-31-35-39-43-47-51-55-62(65)68-59(56-66-60(63)53-49-45-41-37-33-19-17-15-13-11-9-6-2)57-67-61(64)54-50-46-42-38-34-30-28-25-23-22-24-26-29-32-36-40-44-48-52-58(4)7-3/h58-59H,5-57H2,1-4H3/t58?,59-/m0/s1. The van der Waals surface area contributed by atoms with Crippen LogP contribution in [-0.4, -0.2) is 37.2 Å². The van der Waals surface area contributed by atoms with Gasteiger partial charge >= 0.3 is 17.9 Å². The lowest BCUT2D eigenvalue weighted by Crippen LogP contribution is -2.30. The molecule has 0 bridgehead atoms. The topological polar surface area (TPSA) is 78.9 Å². The molecule has 6 nitrogen and oxygen atoms in total. The number of carbonyl (C=O) groups excluding carboxylic acids is 3. The van der Waals surface area contributed by atoms with E-state index < -0.39 is 6.10 Å². The highest BCUT2D eigenvalue weighted by molar-refractivity contribution is 5.71. The summed E-state index contributed by atoms with van der Waals surface area (Å²) in [5.41, 5.74) is 0. The number of carbonyl (C=O) groups is 3. The average Bonchev–Trinajstić information content (AvgIpc) is 3.34. The van der Waals surface area contributed by atoms with Gasteiger partial charge in [-0.1, -0.05) is 317 Å². The molecular formula is C62H120O6. The Morgan fingerprint density at radius 3 is 0.765 bits per heavy atom. The summed E-state index contributed by atoms with van der Waals surface area (Å²) in [7, 11) is 0. The molecule has 68 heavy (non-hydrogen) atoms. The van der Waals surface area contributed by atoms with Crippen molar-refractivity contribution >= 4 is 17.9 Å². The summed E-state index contributed by atoms with van der Waals surface area (Å²) in [6.07, 6.45) is 62.4. The summed E-state index contributed by atoms with van der Waals surface area (Å²) in [5, 5.41) is 0. The predicted molar refractivity (Wildman–Crippen MR) is 293 cm³/mol. The minimum atomic E-state index is -0.762. The van der Waals surface area contributed by atoms with Crippen LogP contribution in [0.5, 0.6) is 0 Å². The van der Waals surface area contributed by atoms with Crippen LogP contribution in [0.3, 0.4) is 0 Å². The molecule has 0 aromatic heterocycles. The summed E-state index contributed by atoms with van der Waals surface area (Å²) in [4.78, 5) is 38.2. The second-order valence-corrected chi connectivity index (χ2v) is 21.6. The van der Waals surface area contributed by atoms with Crippen molar-refractivity contribution in [1.82, 2.24) is 0 Å². The van der Waals surface area contributed by atoms with E-state index in [1.807, 2.05) is 0 Å². The summed E-state index contributed by atoms with van der Waals surface area (Å²) < 4.78 is 16.9. The van der Waals surface area contributed by atoms with Gasteiger partial charge < -0.3 is 14.2 Å². The van der Waals surface area contributed by atoms with Crippen molar-refractivity contribution in [2.24, 2.45) is 5.92 Å². The summed E-state index contributed by atoms with van der Waals surface area (Å²) in [5.74, 6) is 0.0791. The first-order valence-electron chi connectivity index (χ1n) is 30.9. The van der Waals surface area contributed by atoms with E-state index in [1.165, 1.54) is 250 Å². The molecule has 0 amide bonds. The smallest absolute Gasteiger partial charge is 0.306 e. The van der Waals surface area contributed by atoms with Crippen LogP contribution in [0.1, 0.15) is 355 Å². The van der Waals surface area contributed by atoms with Crippen LogP contribution < -0.4 is 0 Å². The predicted octanol–water partition coefficient (Wildman–Crippen LogP) is 20.6. The molecule has 0 aromatic carbocycles. The molecule has 404 valence electrons. The number of hydrogen-bond acceptors (Lipinski definition) is 6. The van der Waals surface area contributed by atoms with E-state index in [-0.39, 0.29) is 31.1 Å². The van der Waals surface area contributed by atoms with Crippen molar-refractivity contribution < 1.29 is 28.6 Å². The molecule has 0 saturated heterocycles. The normalized spacial score (nSPS) is 12.4. The van der Waals surface area contributed by atoms with Crippen molar-refractivity contribution in [3.05, 3.63) is 0 Å². The quantitative estimate of drug-likeness (QED) is 0.0343. The molecule has 0 fully saturated rings. The lowest BCUT2D eigenvalue weighted by Gasteiger charge is -2.18. The molecule has 0 aliphatic heterocycles. The van der Waals surface area contributed by atoms with Gasteiger partial charge in [0.25, 0.3) is 0 Å². The van der Waals surface area contributed by atoms with E-state index in [1.54, 1.807) is 0 Å². The third-order valence-corrected chi connectivity index (χ3v) is 14.7. The molecule has 1 unspecified atom stereocenters. The van der Waals surface area contributed by atoms with E-state index in [4.69, 9.17) is 14.2 Å². The molecule has 0 aliphatic carbocycles. The molecule has 0 aromatic rings. The highest BCUT2D eigenvalue weighted by Crippen LogP contribution is 2.19. The molecule has 0 saturated carbocycles. The average molecular weight is 962 g/mol. The fourth-order valence-corrected chi connectivity index (χ4v) is 9.60. The Kier molecular flexibility index (Phi) is 55.0. The fourth-order valence-electron chi connectivity index (χ4n) is 9.60. The molecule has 0 heterocycles. The lowest BCUT2D eigenvalue weighted by atomic mass is 9.99. The van der Waals surface area contributed by atoms with E-state index in [0.717, 1.165) is 63.7 Å². The maximum absolute atomic E-state index is 12.9. The van der Waals surface area contributed by atoms with Gasteiger partial charge in [-0.2, -0.15) is 0 Å². The third kappa shape index (κ3) is 53.8. The second-order valence-electron chi connectivity index (χ2n) is 21.6. The van der Waals surface area contributed by atoms with Gasteiger partial charge in [-0.05, 0) is 25.2 Å². The molecule has 6 heteroatoms. The van der Waals surface area contributed by atoms with Gasteiger partial charge in [-0.3, -0.25) is 14.4 Å². The molecule has 0 radical (unpaired) electrons. The number of rotatable bonds is 57.